The van der Waals surface area contributed by atoms with E-state index in [0.29, 0.717) is 11.3 Å². The Morgan fingerprint density at radius 1 is 1.16 bits per heavy atom. The van der Waals surface area contributed by atoms with Crippen LogP contribution in [0.5, 0.6) is 0 Å². The van der Waals surface area contributed by atoms with Crippen LogP contribution in [-0.2, 0) is 4.79 Å². The molecule has 25 heavy (non-hydrogen) atoms. The van der Waals surface area contributed by atoms with Crippen molar-refractivity contribution in [1.29, 1.82) is 5.26 Å². The minimum absolute atomic E-state index is 0.0315. The Balaban J connectivity index is 1.54. The fourth-order valence-corrected chi connectivity index (χ4v) is 2.92. The average Bonchev–Trinajstić information content (AvgIpc) is 2.69. The van der Waals surface area contributed by atoms with E-state index in [-0.39, 0.29) is 11.9 Å². The number of nitrogens with one attached hydrogen (secondary N) is 1. The summed E-state index contributed by atoms with van der Waals surface area (Å²) in [6, 6.07) is 14.7. The summed E-state index contributed by atoms with van der Waals surface area (Å²) < 4.78 is 0. The third-order valence-corrected chi connectivity index (χ3v) is 4.50. The second-order valence-electron chi connectivity index (χ2n) is 6.07. The SMILES string of the molecule is CC(C(=O)Nc1ccc(C#N)cc1)N1CCN(c2ccccn2)CC1. The highest BCUT2D eigenvalue weighted by Crippen LogP contribution is 2.15. The van der Waals surface area contributed by atoms with Crippen LogP contribution in [0.1, 0.15) is 12.5 Å². The lowest BCUT2D eigenvalue weighted by Crippen LogP contribution is -2.53. The Hall–Kier alpha value is -2.91. The summed E-state index contributed by atoms with van der Waals surface area (Å²) in [5.41, 5.74) is 1.29. The maximum absolute atomic E-state index is 12.5. The first-order chi connectivity index (χ1) is 12.2. The number of rotatable bonds is 4. The predicted octanol–water partition coefficient (Wildman–Crippen LogP) is 2.10. The maximum Gasteiger partial charge on any atom is 0.241 e. The summed E-state index contributed by atoms with van der Waals surface area (Å²) in [4.78, 5) is 21.3. The number of hydrogen-bond acceptors (Lipinski definition) is 5. The topological polar surface area (TPSA) is 72.3 Å². The number of piperazine rings is 1. The number of carbonyl (C=O) groups excluding carboxylic acids is 1. The van der Waals surface area contributed by atoms with Gasteiger partial charge in [0, 0.05) is 38.1 Å². The molecule has 0 saturated carbocycles. The lowest BCUT2D eigenvalue weighted by molar-refractivity contribution is -0.120. The summed E-state index contributed by atoms with van der Waals surface area (Å²) >= 11 is 0. The summed E-state index contributed by atoms with van der Waals surface area (Å²) in [6.45, 7) is 5.27. The third kappa shape index (κ3) is 4.14. The van der Waals surface area contributed by atoms with Crippen LogP contribution in [0.25, 0.3) is 0 Å². The van der Waals surface area contributed by atoms with Crippen LogP contribution in [0.2, 0.25) is 0 Å². The van der Waals surface area contributed by atoms with E-state index in [0.717, 1.165) is 32.0 Å². The van der Waals surface area contributed by atoms with Crippen molar-refractivity contribution in [3.8, 4) is 6.07 Å². The molecule has 1 N–H and O–H groups in total. The molecule has 1 aliphatic rings. The number of anilines is 2. The van der Waals surface area contributed by atoms with Crippen molar-refractivity contribution in [3.05, 3.63) is 54.2 Å². The quantitative estimate of drug-likeness (QED) is 0.926. The van der Waals surface area contributed by atoms with E-state index in [1.807, 2.05) is 25.1 Å². The standard InChI is InChI=1S/C19H21N5O/c1-15(19(25)22-17-7-5-16(14-20)6-8-17)23-10-12-24(13-11-23)18-4-2-3-9-21-18/h2-9,15H,10-13H2,1H3,(H,22,25). The van der Waals surface area contributed by atoms with Gasteiger partial charge in [-0.2, -0.15) is 5.26 Å². The summed E-state index contributed by atoms with van der Waals surface area (Å²) in [5.74, 6) is 0.952. The molecule has 2 heterocycles. The molecule has 2 aromatic rings. The van der Waals surface area contributed by atoms with Gasteiger partial charge in [0.1, 0.15) is 5.82 Å². The van der Waals surface area contributed by atoms with Gasteiger partial charge in [-0.15, -0.1) is 0 Å². The van der Waals surface area contributed by atoms with Crippen molar-refractivity contribution in [1.82, 2.24) is 9.88 Å². The van der Waals surface area contributed by atoms with Crippen LogP contribution in [0.4, 0.5) is 11.5 Å². The Morgan fingerprint density at radius 3 is 2.48 bits per heavy atom. The smallest absolute Gasteiger partial charge is 0.241 e. The molecule has 1 atom stereocenters. The van der Waals surface area contributed by atoms with E-state index in [1.54, 1.807) is 30.5 Å². The largest absolute Gasteiger partial charge is 0.354 e. The van der Waals surface area contributed by atoms with Gasteiger partial charge in [-0.25, -0.2) is 4.98 Å². The van der Waals surface area contributed by atoms with Crippen LogP contribution < -0.4 is 10.2 Å². The number of benzene rings is 1. The van der Waals surface area contributed by atoms with E-state index in [9.17, 15) is 4.79 Å². The minimum atomic E-state index is -0.207. The molecular weight excluding hydrogens is 314 g/mol. The Bertz CT molecular complexity index is 746. The zero-order valence-electron chi connectivity index (χ0n) is 14.2. The average molecular weight is 335 g/mol. The molecule has 1 amide bonds. The van der Waals surface area contributed by atoms with Gasteiger partial charge in [-0.05, 0) is 43.3 Å². The lowest BCUT2D eigenvalue weighted by Gasteiger charge is -2.37. The van der Waals surface area contributed by atoms with Gasteiger partial charge >= 0.3 is 0 Å². The maximum atomic E-state index is 12.5. The van der Waals surface area contributed by atoms with Gasteiger partial charge in [0.2, 0.25) is 5.91 Å². The predicted molar refractivity (Wildman–Crippen MR) is 97.3 cm³/mol. The van der Waals surface area contributed by atoms with Crippen molar-refractivity contribution in [2.75, 3.05) is 36.4 Å². The van der Waals surface area contributed by atoms with Crippen LogP contribution in [0, 0.1) is 11.3 Å². The number of hydrogen-bond donors (Lipinski definition) is 1. The molecule has 1 aromatic heterocycles. The third-order valence-electron chi connectivity index (χ3n) is 4.50. The second-order valence-corrected chi connectivity index (χ2v) is 6.07. The molecule has 3 rings (SSSR count). The van der Waals surface area contributed by atoms with Crippen molar-refractivity contribution in [3.63, 3.8) is 0 Å². The molecule has 1 aliphatic heterocycles. The van der Waals surface area contributed by atoms with E-state index >= 15 is 0 Å². The Labute approximate surface area is 147 Å². The van der Waals surface area contributed by atoms with Crippen LogP contribution in [0.3, 0.4) is 0 Å². The molecule has 0 bridgehead atoms. The van der Waals surface area contributed by atoms with Crippen LogP contribution >= 0.6 is 0 Å². The fraction of sp³-hybridized carbons (Fsp3) is 0.316. The first-order valence-electron chi connectivity index (χ1n) is 8.38. The Kier molecular flexibility index (Phi) is 5.26. The molecule has 0 aliphatic carbocycles. The van der Waals surface area contributed by atoms with Crippen molar-refractivity contribution in [2.24, 2.45) is 0 Å². The summed E-state index contributed by atoms with van der Waals surface area (Å²) in [7, 11) is 0. The number of nitriles is 1. The molecule has 1 unspecified atom stereocenters. The number of amides is 1. The first-order valence-corrected chi connectivity index (χ1v) is 8.38. The molecule has 0 radical (unpaired) electrons. The van der Waals surface area contributed by atoms with E-state index in [4.69, 9.17) is 5.26 Å². The summed E-state index contributed by atoms with van der Waals surface area (Å²) in [5, 5.41) is 11.7. The van der Waals surface area contributed by atoms with Gasteiger partial charge in [0.25, 0.3) is 0 Å². The number of aromatic nitrogens is 1. The van der Waals surface area contributed by atoms with Crippen LogP contribution in [-0.4, -0.2) is 48.0 Å². The van der Waals surface area contributed by atoms with Crippen molar-refractivity contribution in [2.45, 2.75) is 13.0 Å². The Morgan fingerprint density at radius 2 is 1.88 bits per heavy atom. The highest BCUT2D eigenvalue weighted by molar-refractivity contribution is 5.94. The van der Waals surface area contributed by atoms with Gasteiger partial charge < -0.3 is 10.2 Å². The zero-order chi connectivity index (χ0) is 17.6. The van der Waals surface area contributed by atoms with Crippen molar-refractivity contribution < 1.29 is 4.79 Å². The van der Waals surface area contributed by atoms with Gasteiger partial charge in [0.15, 0.2) is 0 Å². The molecule has 1 aromatic carbocycles. The molecule has 128 valence electrons. The zero-order valence-corrected chi connectivity index (χ0v) is 14.2. The molecule has 6 nitrogen and oxygen atoms in total. The van der Waals surface area contributed by atoms with Gasteiger partial charge in [-0.3, -0.25) is 9.69 Å². The van der Waals surface area contributed by atoms with Crippen molar-refractivity contribution >= 4 is 17.4 Å². The van der Waals surface area contributed by atoms with E-state index in [2.05, 4.69) is 26.2 Å². The van der Waals surface area contributed by atoms with E-state index < -0.39 is 0 Å². The normalized spacial score (nSPS) is 16.1. The number of pyridine rings is 1. The molecule has 1 saturated heterocycles. The second kappa shape index (κ2) is 7.77. The lowest BCUT2D eigenvalue weighted by atomic mass is 10.2. The summed E-state index contributed by atoms with van der Waals surface area (Å²) in [6.07, 6.45) is 1.80. The fourth-order valence-electron chi connectivity index (χ4n) is 2.92. The van der Waals surface area contributed by atoms with Crippen LogP contribution in [0.15, 0.2) is 48.7 Å². The highest BCUT2D eigenvalue weighted by Gasteiger charge is 2.26. The number of carbonyl (C=O) groups is 1. The molecule has 6 heteroatoms. The molecule has 1 fully saturated rings. The molecular formula is C19H21N5O. The minimum Gasteiger partial charge on any atom is -0.354 e. The van der Waals surface area contributed by atoms with Gasteiger partial charge in [0.05, 0.1) is 17.7 Å². The highest BCUT2D eigenvalue weighted by atomic mass is 16.2. The van der Waals surface area contributed by atoms with E-state index in [1.165, 1.54) is 0 Å². The molecule has 0 spiro atoms. The first kappa shape index (κ1) is 16.9. The van der Waals surface area contributed by atoms with Gasteiger partial charge in [-0.1, -0.05) is 6.07 Å². The number of nitrogens with zero attached hydrogens (tertiary/aromatic N) is 4. The monoisotopic (exact) mass is 335 g/mol.